The van der Waals surface area contributed by atoms with E-state index in [1.165, 1.54) is 6.26 Å². The monoisotopic (exact) mass is 261 g/mol. The molecule has 0 spiro atoms. The molecule has 2 N–H and O–H groups in total. The van der Waals surface area contributed by atoms with Crippen LogP contribution in [0.5, 0.6) is 0 Å². The molecule has 0 aliphatic carbocycles. The molecule has 1 rings (SSSR count). The van der Waals surface area contributed by atoms with Gasteiger partial charge in [-0.25, -0.2) is 13.1 Å². The topological polar surface area (TPSA) is 96.6 Å². The standard InChI is InChI=1S/C10H15NO5S/c1-8(9-4-2-6-16-9)11-17(14,15)7-3-5-10(12)13/h2,4,6,8,11H,3,5,7H2,1H3,(H,12,13)/t8-/m1/s1. The molecule has 1 aromatic rings. The molecule has 1 aromatic heterocycles. The first-order valence-corrected chi connectivity index (χ1v) is 6.81. The van der Waals surface area contributed by atoms with Crippen LogP contribution in [-0.4, -0.2) is 25.2 Å². The highest BCUT2D eigenvalue weighted by Crippen LogP contribution is 2.13. The number of hydrogen-bond donors (Lipinski definition) is 2. The van der Waals surface area contributed by atoms with Gasteiger partial charge in [-0.05, 0) is 25.5 Å². The maximum atomic E-state index is 11.6. The van der Waals surface area contributed by atoms with E-state index in [4.69, 9.17) is 9.52 Å². The third-order valence-electron chi connectivity index (χ3n) is 2.13. The molecular formula is C10H15NO5S. The Morgan fingerprint density at radius 2 is 2.29 bits per heavy atom. The van der Waals surface area contributed by atoms with Gasteiger partial charge in [-0.3, -0.25) is 4.79 Å². The zero-order valence-corrected chi connectivity index (χ0v) is 10.2. The first kappa shape index (κ1) is 13.7. The van der Waals surface area contributed by atoms with Crippen molar-refractivity contribution in [2.75, 3.05) is 5.75 Å². The normalized spacial score (nSPS) is 13.5. The van der Waals surface area contributed by atoms with Gasteiger partial charge in [0.2, 0.25) is 10.0 Å². The van der Waals surface area contributed by atoms with Crippen molar-refractivity contribution in [3.63, 3.8) is 0 Å². The predicted octanol–water partition coefficient (Wildman–Crippen LogP) is 1.12. The van der Waals surface area contributed by atoms with Crippen molar-refractivity contribution in [2.24, 2.45) is 0 Å². The van der Waals surface area contributed by atoms with Crippen molar-refractivity contribution in [2.45, 2.75) is 25.8 Å². The molecule has 96 valence electrons. The van der Waals surface area contributed by atoms with Gasteiger partial charge in [0.1, 0.15) is 5.76 Å². The van der Waals surface area contributed by atoms with Gasteiger partial charge in [-0.15, -0.1) is 0 Å². The second kappa shape index (κ2) is 5.83. The lowest BCUT2D eigenvalue weighted by molar-refractivity contribution is -0.137. The van der Waals surface area contributed by atoms with Gasteiger partial charge in [0, 0.05) is 6.42 Å². The highest BCUT2D eigenvalue weighted by Gasteiger charge is 2.17. The Hall–Kier alpha value is -1.34. The van der Waals surface area contributed by atoms with Crippen molar-refractivity contribution in [1.29, 1.82) is 0 Å². The lowest BCUT2D eigenvalue weighted by atomic mass is 10.3. The number of rotatable bonds is 7. The fourth-order valence-electron chi connectivity index (χ4n) is 1.34. The average Bonchev–Trinajstić information content (AvgIpc) is 2.68. The SMILES string of the molecule is C[C@@H](NS(=O)(=O)CCCC(=O)O)c1ccco1. The fraction of sp³-hybridized carbons (Fsp3) is 0.500. The number of aliphatic carboxylic acids is 1. The van der Waals surface area contributed by atoms with E-state index in [9.17, 15) is 13.2 Å². The Balaban J connectivity index is 2.46. The van der Waals surface area contributed by atoms with Crippen LogP contribution in [0.2, 0.25) is 0 Å². The van der Waals surface area contributed by atoms with Crippen LogP contribution >= 0.6 is 0 Å². The Morgan fingerprint density at radius 1 is 1.59 bits per heavy atom. The van der Waals surface area contributed by atoms with Crippen molar-refractivity contribution in [3.05, 3.63) is 24.2 Å². The number of carboxylic acids is 1. The van der Waals surface area contributed by atoms with Gasteiger partial charge >= 0.3 is 5.97 Å². The molecule has 1 heterocycles. The van der Waals surface area contributed by atoms with Gasteiger partial charge in [-0.1, -0.05) is 0 Å². The van der Waals surface area contributed by atoms with E-state index in [2.05, 4.69) is 4.72 Å². The van der Waals surface area contributed by atoms with Gasteiger partial charge < -0.3 is 9.52 Å². The summed E-state index contributed by atoms with van der Waals surface area (Å²) in [6.45, 7) is 1.66. The summed E-state index contributed by atoms with van der Waals surface area (Å²) < 4.78 is 30.6. The molecule has 0 radical (unpaired) electrons. The third-order valence-corrected chi connectivity index (χ3v) is 3.67. The van der Waals surface area contributed by atoms with Gasteiger partial charge in [0.25, 0.3) is 0 Å². The Bertz CT molecular complexity index is 451. The smallest absolute Gasteiger partial charge is 0.303 e. The van der Waals surface area contributed by atoms with E-state index < -0.39 is 22.0 Å². The summed E-state index contributed by atoms with van der Waals surface area (Å²) in [4.78, 5) is 10.3. The minimum atomic E-state index is -3.48. The fourth-order valence-corrected chi connectivity index (χ4v) is 2.63. The van der Waals surface area contributed by atoms with Crippen LogP contribution in [0.3, 0.4) is 0 Å². The summed E-state index contributed by atoms with van der Waals surface area (Å²) in [5.41, 5.74) is 0. The van der Waals surface area contributed by atoms with Crippen LogP contribution in [0.1, 0.15) is 31.6 Å². The van der Waals surface area contributed by atoms with Crippen molar-refractivity contribution >= 4 is 16.0 Å². The zero-order chi connectivity index (χ0) is 12.9. The molecule has 6 nitrogen and oxygen atoms in total. The number of sulfonamides is 1. The number of hydrogen-bond acceptors (Lipinski definition) is 4. The van der Waals surface area contributed by atoms with E-state index >= 15 is 0 Å². The van der Waals surface area contributed by atoms with Crippen molar-refractivity contribution in [1.82, 2.24) is 4.72 Å². The van der Waals surface area contributed by atoms with Crippen molar-refractivity contribution in [3.8, 4) is 0 Å². The van der Waals surface area contributed by atoms with Crippen LogP contribution in [0, 0.1) is 0 Å². The van der Waals surface area contributed by atoms with Gasteiger partial charge in [0.05, 0.1) is 18.1 Å². The minimum absolute atomic E-state index is 0.0928. The van der Waals surface area contributed by atoms with Crippen LogP contribution in [0.15, 0.2) is 22.8 Å². The molecule has 0 amide bonds. The first-order chi connectivity index (χ1) is 7.91. The summed E-state index contributed by atoms with van der Waals surface area (Å²) in [5.74, 6) is -0.684. The molecule has 0 fully saturated rings. The second-order valence-electron chi connectivity index (χ2n) is 3.67. The van der Waals surface area contributed by atoms with Crippen LogP contribution in [0.4, 0.5) is 0 Å². The molecule has 0 saturated heterocycles. The maximum absolute atomic E-state index is 11.6. The molecule has 0 aromatic carbocycles. The van der Waals surface area contributed by atoms with E-state index in [-0.39, 0.29) is 18.6 Å². The van der Waals surface area contributed by atoms with Crippen LogP contribution in [-0.2, 0) is 14.8 Å². The number of nitrogens with one attached hydrogen (secondary N) is 1. The quantitative estimate of drug-likeness (QED) is 0.766. The van der Waals surface area contributed by atoms with Crippen LogP contribution in [0.25, 0.3) is 0 Å². The molecule has 0 bridgehead atoms. The highest BCUT2D eigenvalue weighted by atomic mass is 32.2. The first-order valence-electron chi connectivity index (χ1n) is 5.16. The second-order valence-corrected chi connectivity index (χ2v) is 5.54. The summed E-state index contributed by atoms with van der Waals surface area (Å²) in [5, 5.41) is 8.41. The molecule has 0 aliphatic rings. The Kier molecular flexibility index (Phi) is 4.71. The van der Waals surface area contributed by atoms with Crippen molar-refractivity contribution < 1.29 is 22.7 Å². The van der Waals surface area contributed by atoms with E-state index in [1.54, 1.807) is 19.1 Å². The Morgan fingerprint density at radius 3 is 2.82 bits per heavy atom. The molecule has 1 atom stereocenters. The average molecular weight is 261 g/mol. The van der Waals surface area contributed by atoms with Gasteiger partial charge in [-0.2, -0.15) is 0 Å². The molecular weight excluding hydrogens is 246 g/mol. The molecule has 0 unspecified atom stereocenters. The molecule has 7 heteroatoms. The third kappa shape index (κ3) is 5.01. The van der Waals surface area contributed by atoms with E-state index in [0.717, 1.165) is 0 Å². The summed E-state index contributed by atoms with van der Waals surface area (Å²) in [7, 11) is -3.48. The summed E-state index contributed by atoms with van der Waals surface area (Å²) in [6, 6.07) is 2.88. The lowest BCUT2D eigenvalue weighted by Gasteiger charge is -2.11. The number of furan rings is 1. The van der Waals surface area contributed by atoms with E-state index in [0.29, 0.717) is 5.76 Å². The highest BCUT2D eigenvalue weighted by molar-refractivity contribution is 7.89. The summed E-state index contributed by atoms with van der Waals surface area (Å²) in [6.07, 6.45) is 1.40. The van der Waals surface area contributed by atoms with Crippen LogP contribution < -0.4 is 4.72 Å². The lowest BCUT2D eigenvalue weighted by Crippen LogP contribution is -2.29. The zero-order valence-electron chi connectivity index (χ0n) is 9.42. The summed E-state index contributed by atoms with van der Waals surface area (Å²) >= 11 is 0. The predicted molar refractivity (Wildman–Crippen MR) is 60.9 cm³/mol. The number of carboxylic acid groups (broad SMARTS) is 1. The maximum Gasteiger partial charge on any atom is 0.303 e. The Labute approximate surface area is 99.7 Å². The molecule has 0 saturated carbocycles. The molecule has 0 aliphatic heterocycles. The largest absolute Gasteiger partial charge is 0.481 e. The van der Waals surface area contributed by atoms with E-state index in [1.807, 2.05) is 0 Å². The number of carbonyl (C=O) groups is 1. The minimum Gasteiger partial charge on any atom is -0.481 e. The molecule has 17 heavy (non-hydrogen) atoms. The van der Waals surface area contributed by atoms with Gasteiger partial charge in [0.15, 0.2) is 0 Å².